The summed E-state index contributed by atoms with van der Waals surface area (Å²) in [4.78, 5) is 25.6. The van der Waals surface area contributed by atoms with E-state index in [4.69, 9.17) is 4.74 Å². The van der Waals surface area contributed by atoms with Crippen molar-refractivity contribution in [1.29, 1.82) is 0 Å². The summed E-state index contributed by atoms with van der Waals surface area (Å²) >= 11 is 0. The van der Waals surface area contributed by atoms with Gasteiger partial charge < -0.3 is 10.1 Å². The number of amides is 1. The summed E-state index contributed by atoms with van der Waals surface area (Å²) in [6.07, 6.45) is 3.56. The molecule has 1 N–H and O–H groups in total. The first-order valence-electron chi connectivity index (χ1n) is 12.8. The minimum absolute atomic E-state index is 0.0836. The van der Waals surface area contributed by atoms with Crippen LogP contribution in [-0.2, 0) is 30.8 Å². The van der Waals surface area contributed by atoms with Gasteiger partial charge in [-0.25, -0.2) is 8.42 Å². The molecule has 36 heavy (non-hydrogen) atoms. The van der Waals surface area contributed by atoms with Crippen molar-refractivity contribution in [3.63, 3.8) is 0 Å². The Balaban J connectivity index is 1.46. The third-order valence-electron chi connectivity index (χ3n) is 7.77. The summed E-state index contributed by atoms with van der Waals surface area (Å²) in [5, 5.41) is 3.01. The molecule has 2 aromatic rings. The van der Waals surface area contributed by atoms with E-state index < -0.39 is 22.0 Å². The van der Waals surface area contributed by atoms with Gasteiger partial charge in [0.1, 0.15) is 0 Å². The second kappa shape index (κ2) is 11.1. The number of esters is 1. The standard InChI is InChI=1S/C28H36N2O5S/c1-19-11-13-23(14-12-19)36(33,34)30-16-15-22-8-4-5-9-24(22)26(30)17-28(32)35-18-27(31)29-25-10-6-7-20(2)21(25)3/h4-5,8-9,11-14,20-21,25-26H,6-7,10,15-18H2,1-3H3,(H,29,31). The second-order valence-electron chi connectivity index (χ2n) is 10.2. The number of nitrogens with zero attached hydrogens (tertiary/aromatic N) is 1. The largest absolute Gasteiger partial charge is 0.456 e. The highest BCUT2D eigenvalue weighted by atomic mass is 32.2. The monoisotopic (exact) mass is 512 g/mol. The molecule has 0 bridgehead atoms. The van der Waals surface area contributed by atoms with Gasteiger partial charge in [0.2, 0.25) is 10.0 Å². The van der Waals surface area contributed by atoms with Crippen LogP contribution in [0.1, 0.15) is 62.3 Å². The van der Waals surface area contributed by atoms with Gasteiger partial charge in [-0.2, -0.15) is 4.31 Å². The highest BCUT2D eigenvalue weighted by Crippen LogP contribution is 2.36. The van der Waals surface area contributed by atoms with E-state index in [1.54, 1.807) is 24.3 Å². The molecule has 1 aliphatic carbocycles. The lowest BCUT2D eigenvalue weighted by atomic mass is 9.78. The van der Waals surface area contributed by atoms with E-state index in [-0.39, 0.29) is 36.4 Å². The smallest absolute Gasteiger partial charge is 0.308 e. The molecule has 1 saturated carbocycles. The van der Waals surface area contributed by atoms with Gasteiger partial charge in [0, 0.05) is 12.6 Å². The van der Waals surface area contributed by atoms with Crippen LogP contribution >= 0.6 is 0 Å². The number of hydrogen-bond acceptors (Lipinski definition) is 5. The number of carbonyl (C=O) groups is 2. The Morgan fingerprint density at radius 2 is 1.78 bits per heavy atom. The molecule has 4 unspecified atom stereocenters. The first-order valence-corrected chi connectivity index (χ1v) is 14.2. The summed E-state index contributed by atoms with van der Waals surface area (Å²) < 4.78 is 33.8. The van der Waals surface area contributed by atoms with E-state index in [2.05, 4.69) is 19.2 Å². The fourth-order valence-corrected chi connectivity index (χ4v) is 6.98. The Kier molecular flexibility index (Phi) is 8.15. The number of sulfonamides is 1. The average molecular weight is 513 g/mol. The van der Waals surface area contributed by atoms with Crippen LogP contribution < -0.4 is 5.32 Å². The van der Waals surface area contributed by atoms with Crippen molar-refractivity contribution in [3.05, 3.63) is 65.2 Å². The molecule has 4 rings (SSSR count). The first-order chi connectivity index (χ1) is 17.2. The van der Waals surface area contributed by atoms with Gasteiger partial charge in [-0.05, 0) is 54.9 Å². The molecule has 8 heteroatoms. The molecule has 0 spiro atoms. The van der Waals surface area contributed by atoms with Gasteiger partial charge in [-0.1, -0.05) is 68.7 Å². The predicted octanol–water partition coefficient (Wildman–Crippen LogP) is 4.16. The number of nitrogens with one attached hydrogen (secondary N) is 1. The molecule has 0 aromatic heterocycles. The van der Waals surface area contributed by atoms with E-state index >= 15 is 0 Å². The molecular formula is C28H36N2O5S. The molecule has 1 heterocycles. The van der Waals surface area contributed by atoms with Gasteiger partial charge >= 0.3 is 5.97 Å². The van der Waals surface area contributed by atoms with Crippen LogP contribution in [0.2, 0.25) is 0 Å². The van der Waals surface area contributed by atoms with E-state index in [1.807, 2.05) is 31.2 Å². The molecule has 1 aliphatic heterocycles. The van der Waals surface area contributed by atoms with E-state index in [0.29, 0.717) is 18.3 Å². The Hall–Kier alpha value is -2.71. The van der Waals surface area contributed by atoms with Crippen LogP contribution in [0.4, 0.5) is 0 Å². The van der Waals surface area contributed by atoms with E-state index in [1.165, 1.54) is 4.31 Å². The van der Waals surface area contributed by atoms with Crippen molar-refractivity contribution >= 4 is 21.9 Å². The Morgan fingerprint density at radius 1 is 1.06 bits per heavy atom. The van der Waals surface area contributed by atoms with Crippen molar-refractivity contribution in [2.45, 2.75) is 69.9 Å². The number of hydrogen-bond donors (Lipinski definition) is 1. The lowest BCUT2D eigenvalue weighted by Crippen LogP contribution is -2.45. The summed E-state index contributed by atoms with van der Waals surface area (Å²) in [5.41, 5.74) is 2.78. The highest BCUT2D eigenvalue weighted by molar-refractivity contribution is 7.89. The predicted molar refractivity (Wildman–Crippen MR) is 138 cm³/mol. The molecule has 7 nitrogen and oxygen atoms in total. The maximum Gasteiger partial charge on any atom is 0.308 e. The fraction of sp³-hybridized carbons (Fsp3) is 0.500. The summed E-state index contributed by atoms with van der Waals surface area (Å²) in [6.45, 7) is 6.14. The molecule has 1 amide bonds. The lowest BCUT2D eigenvalue weighted by molar-refractivity contribution is -0.149. The van der Waals surface area contributed by atoms with Crippen LogP contribution in [0.3, 0.4) is 0 Å². The zero-order valence-corrected chi connectivity index (χ0v) is 22.1. The minimum atomic E-state index is -3.83. The average Bonchev–Trinajstić information content (AvgIpc) is 2.86. The fourth-order valence-electron chi connectivity index (χ4n) is 5.37. The SMILES string of the molecule is Cc1ccc(S(=O)(=O)N2CCc3ccccc3C2CC(=O)OCC(=O)NC2CCCC(C)C2C)cc1. The molecular weight excluding hydrogens is 476 g/mol. The third-order valence-corrected chi connectivity index (χ3v) is 9.69. The molecule has 0 radical (unpaired) electrons. The Labute approximate surface area is 214 Å². The second-order valence-corrected chi connectivity index (χ2v) is 12.1. The van der Waals surface area contributed by atoms with Crippen LogP contribution in [0.25, 0.3) is 0 Å². The van der Waals surface area contributed by atoms with Gasteiger partial charge in [-0.3, -0.25) is 9.59 Å². The lowest BCUT2D eigenvalue weighted by Gasteiger charge is -2.36. The van der Waals surface area contributed by atoms with Gasteiger partial charge in [-0.15, -0.1) is 0 Å². The van der Waals surface area contributed by atoms with Crippen molar-refractivity contribution in [2.75, 3.05) is 13.2 Å². The third kappa shape index (κ3) is 5.81. The van der Waals surface area contributed by atoms with Gasteiger partial charge in [0.25, 0.3) is 5.91 Å². The summed E-state index contributed by atoms with van der Waals surface area (Å²) in [5.74, 6) is 0.000564. The quantitative estimate of drug-likeness (QED) is 0.563. The Morgan fingerprint density at radius 3 is 2.53 bits per heavy atom. The van der Waals surface area contributed by atoms with Gasteiger partial charge in [0.05, 0.1) is 17.4 Å². The molecule has 4 atom stereocenters. The number of fused-ring (bicyclic) bond motifs is 1. The Bertz CT molecular complexity index is 1190. The molecule has 2 aromatic carbocycles. The zero-order valence-electron chi connectivity index (χ0n) is 21.3. The number of ether oxygens (including phenoxy) is 1. The maximum atomic E-state index is 13.6. The van der Waals surface area contributed by atoms with Crippen LogP contribution in [0.5, 0.6) is 0 Å². The number of aryl methyl sites for hydroxylation is 1. The zero-order chi connectivity index (χ0) is 25.9. The highest BCUT2D eigenvalue weighted by Gasteiger charge is 2.38. The summed E-state index contributed by atoms with van der Waals surface area (Å²) in [7, 11) is -3.83. The molecule has 0 saturated heterocycles. The van der Waals surface area contributed by atoms with Crippen molar-refractivity contribution < 1.29 is 22.7 Å². The van der Waals surface area contributed by atoms with Crippen molar-refractivity contribution in [2.24, 2.45) is 11.8 Å². The molecule has 1 fully saturated rings. The summed E-state index contributed by atoms with van der Waals surface area (Å²) in [6, 6.07) is 13.7. The minimum Gasteiger partial charge on any atom is -0.456 e. The molecule has 2 aliphatic rings. The van der Waals surface area contributed by atoms with Crippen molar-refractivity contribution in [3.8, 4) is 0 Å². The van der Waals surface area contributed by atoms with E-state index in [0.717, 1.165) is 36.0 Å². The van der Waals surface area contributed by atoms with Crippen molar-refractivity contribution in [1.82, 2.24) is 9.62 Å². The number of benzene rings is 2. The van der Waals surface area contributed by atoms with Crippen LogP contribution in [0, 0.1) is 18.8 Å². The maximum absolute atomic E-state index is 13.6. The first kappa shape index (κ1) is 26.4. The van der Waals surface area contributed by atoms with Crippen LogP contribution in [0.15, 0.2) is 53.4 Å². The number of rotatable bonds is 7. The topological polar surface area (TPSA) is 92.8 Å². The van der Waals surface area contributed by atoms with Crippen LogP contribution in [-0.4, -0.2) is 43.8 Å². The van der Waals surface area contributed by atoms with Gasteiger partial charge in [0.15, 0.2) is 6.61 Å². The van der Waals surface area contributed by atoms with E-state index in [9.17, 15) is 18.0 Å². The number of carbonyl (C=O) groups excluding carboxylic acids is 2. The normalized spacial score (nSPS) is 24.5. The molecule has 194 valence electrons.